The number of nitro groups is 1. The lowest BCUT2D eigenvalue weighted by Crippen LogP contribution is -2.00. The number of anilines is 1. The molecule has 0 bridgehead atoms. The van der Waals surface area contributed by atoms with E-state index in [-0.39, 0.29) is 11.4 Å². The van der Waals surface area contributed by atoms with Crippen molar-refractivity contribution < 1.29 is 14.1 Å². The summed E-state index contributed by atoms with van der Waals surface area (Å²) < 4.78 is 18.1. The Labute approximate surface area is 115 Å². The van der Waals surface area contributed by atoms with E-state index in [0.717, 1.165) is 5.56 Å². The zero-order valence-corrected chi connectivity index (χ0v) is 10.8. The smallest absolute Gasteiger partial charge is 0.269 e. The first kappa shape index (κ1) is 13.8. The van der Waals surface area contributed by atoms with Gasteiger partial charge in [0.15, 0.2) is 11.6 Å². The number of nitrogens with one attached hydrogen (secondary N) is 1. The molecule has 2 aromatic rings. The standard InChI is InChI=1S/C14H13FN2O3/c1-20-14-8-11(4-7-13(14)15)16-9-10-2-5-12(6-3-10)17(18)19/h2-8,16H,9H2,1H3. The van der Waals surface area contributed by atoms with Crippen LogP contribution in [0.15, 0.2) is 42.5 Å². The van der Waals surface area contributed by atoms with Gasteiger partial charge in [0.25, 0.3) is 5.69 Å². The van der Waals surface area contributed by atoms with Gasteiger partial charge in [-0.2, -0.15) is 0 Å². The molecule has 0 unspecified atom stereocenters. The second-order valence-corrected chi connectivity index (χ2v) is 4.13. The average Bonchev–Trinajstić information content (AvgIpc) is 2.46. The van der Waals surface area contributed by atoms with Gasteiger partial charge in [0.2, 0.25) is 0 Å². The Kier molecular flexibility index (Phi) is 4.14. The number of nitro benzene ring substituents is 1. The fourth-order valence-corrected chi connectivity index (χ4v) is 1.71. The molecule has 0 heterocycles. The second kappa shape index (κ2) is 6.01. The molecule has 0 aromatic heterocycles. The van der Waals surface area contributed by atoms with Crippen molar-refractivity contribution in [3.05, 3.63) is 64.0 Å². The van der Waals surface area contributed by atoms with Gasteiger partial charge in [-0.3, -0.25) is 10.1 Å². The Morgan fingerprint density at radius 1 is 1.25 bits per heavy atom. The Balaban J connectivity index is 2.03. The molecule has 0 amide bonds. The fraction of sp³-hybridized carbons (Fsp3) is 0.143. The van der Waals surface area contributed by atoms with Crippen LogP contribution in [0, 0.1) is 15.9 Å². The van der Waals surface area contributed by atoms with E-state index < -0.39 is 10.7 Å². The van der Waals surface area contributed by atoms with Gasteiger partial charge in [0, 0.05) is 30.4 Å². The van der Waals surface area contributed by atoms with Crippen molar-refractivity contribution in [2.45, 2.75) is 6.54 Å². The molecule has 5 nitrogen and oxygen atoms in total. The van der Waals surface area contributed by atoms with Crippen LogP contribution in [0.25, 0.3) is 0 Å². The van der Waals surface area contributed by atoms with Crippen LogP contribution in [0.4, 0.5) is 15.8 Å². The van der Waals surface area contributed by atoms with Gasteiger partial charge in [0.1, 0.15) is 0 Å². The van der Waals surface area contributed by atoms with Crippen molar-refractivity contribution in [2.24, 2.45) is 0 Å². The molecule has 0 fully saturated rings. The molecule has 0 saturated heterocycles. The topological polar surface area (TPSA) is 64.4 Å². The van der Waals surface area contributed by atoms with Crippen molar-refractivity contribution in [3.8, 4) is 5.75 Å². The molecule has 6 heteroatoms. The van der Waals surface area contributed by atoms with Crippen LogP contribution < -0.4 is 10.1 Å². The van der Waals surface area contributed by atoms with E-state index >= 15 is 0 Å². The number of rotatable bonds is 5. The highest BCUT2D eigenvalue weighted by Gasteiger charge is 2.05. The molecular formula is C14H13FN2O3. The van der Waals surface area contributed by atoms with Crippen LogP contribution in [0.3, 0.4) is 0 Å². The predicted molar refractivity (Wildman–Crippen MR) is 73.4 cm³/mol. The molecule has 0 aliphatic carbocycles. The van der Waals surface area contributed by atoms with E-state index in [4.69, 9.17) is 4.74 Å². The number of nitrogens with zero attached hydrogens (tertiary/aromatic N) is 1. The maximum atomic E-state index is 13.2. The molecule has 2 rings (SSSR count). The number of hydrogen-bond acceptors (Lipinski definition) is 4. The Hall–Kier alpha value is -2.63. The summed E-state index contributed by atoms with van der Waals surface area (Å²) in [7, 11) is 1.40. The third-order valence-corrected chi connectivity index (χ3v) is 2.79. The number of halogens is 1. The molecule has 104 valence electrons. The van der Waals surface area contributed by atoms with Gasteiger partial charge >= 0.3 is 0 Å². The van der Waals surface area contributed by atoms with E-state index in [1.807, 2.05) is 0 Å². The summed E-state index contributed by atoms with van der Waals surface area (Å²) in [5.41, 5.74) is 1.65. The molecule has 20 heavy (non-hydrogen) atoms. The number of hydrogen-bond donors (Lipinski definition) is 1. The molecule has 2 aromatic carbocycles. The highest BCUT2D eigenvalue weighted by molar-refractivity contribution is 5.49. The summed E-state index contributed by atoms with van der Waals surface area (Å²) in [6, 6.07) is 10.7. The van der Waals surface area contributed by atoms with Crippen LogP contribution >= 0.6 is 0 Å². The lowest BCUT2D eigenvalue weighted by atomic mass is 10.2. The summed E-state index contributed by atoms with van der Waals surface area (Å²) >= 11 is 0. The minimum absolute atomic E-state index is 0.0530. The first-order valence-corrected chi connectivity index (χ1v) is 5.91. The summed E-state index contributed by atoms with van der Waals surface area (Å²) in [4.78, 5) is 10.1. The first-order chi connectivity index (χ1) is 9.60. The minimum atomic E-state index is -0.442. The lowest BCUT2D eigenvalue weighted by molar-refractivity contribution is -0.384. The van der Waals surface area contributed by atoms with Gasteiger partial charge in [-0.1, -0.05) is 12.1 Å². The third kappa shape index (κ3) is 3.23. The molecule has 0 saturated carbocycles. The highest BCUT2D eigenvalue weighted by Crippen LogP contribution is 2.22. The largest absolute Gasteiger partial charge is 0.494 e. The van der Waals surface area contributed by atoms with E-state index in [1.165, 1.54) is 25.3 Å². The Morgan fingerprint density at radius 3 is 2.55 bits per heavy atom. The maximum Gasteiger partial charge on any atom is 0.269 e. The van der Waals surface area contributed by atoms with Gasteiger partial charge < -0.3 is 10.1 Å². The Morgan fingerprint density at radius 2 is 1.95 bits per heavy atom. The highest BCUT2D eigenvalue weighted by atomic mass is 19.1. The van der Waals surface area contributed by atoms with Gasteiger partial charge in [-0.15, -0.1) is 0 Å². The van der Waals surface area contributed by atoms with E-state index in [0.29, 0.717) is 12.2 Å². The quantitative estimate of drug-likeness (QED) is 0.671. The van der Waals surface area contributed by atoms with Crippen molar-refractivity contribution in [1.82, 2.24) is 0 Å². The normalized spacial score (nSPS) is 10.1. The number of ether oxygens (including phenoxy) is 1. The summed E-state index contributed by atoms with van der Waals surface area (Å²) in [6.07, 6.45) is 0. The van der Waals surface area contributed by atoms with Crippen LogP contribution in [0.5, 0.6) is 5.75 Å². The molecule has 0 atom stereocenters. The van der Waals surface area contributed by atoms with Gasteiger partial charge in [-0.25, -0.2) is 4.39 Å². The number of non-ortho nitro benzene ring substituents is 1. The first-order valence-electron chi connectivity index (χ1n) is 5.91. The Bertz CT molecular complexity index is 614. The lowest BCUT2D eigenvalue weighted by Gasteiger charge is -2.08. The monoisotopic (exact) mass is 276 g/mol. The molecule has 0 radical (unpaired) electrons. The maximum absolute atomic E-state index is 13.2. The predicted octanol–water partition coefficient (Wildman–Crippen LogP) is 3.35. The van der Waals surface area contributed by atoms with Crippen molar-refractivity contribution in [3.63, 3.8) is 0 Å². The van der Waals surface area contributed by atoms with E-state index in [1.54, 1.807) is 24.3 Å². The molecule has 1 N–H and O–H groups in total. The SMILES string of the molecule is COc1cc(NCc2ccc([N+](=O)[O-])cc2)ccc1F. The van der Waals surface area contributed by atoms with Crippen LogP contribution in [-0.2, 0) is 6.54 Å². The van der Waals surface area contributed by atoms with E-state index in [9.17, 15) is 14.5 Å². The molecule has 0 aliphatic heterocycles. The summed E-state index contributed by atoms with van der Waals surface area (Å²) in [6.45, 7) is 0.479. The minimum Gasteiger partial charge on any atom is -0.494 e. The van der Waals surface area contributed by atoms with Gasteiger partial charge in [-0.05, 0) is 17.7 Å². The number of methoxy groups -OCH3 is 1. The molecule has 0 spiro atoms. The zero-order valence-electron chi connectivity index (χ0n) is 10.8. The van der Waals surface area contributed by atoms with Crippen molar-refractivity contribution in [1.29, 1.82) is 0 Å². The summed E-state index contributed by atoms with van der Waals surface area (Å²) in [5, 5.41) is 13.6. The van der Waals surface area contributed by atoms with Crippen LogP contribution in [0.2, 0.25) is 0 Å². The van der Waals surface area contributed by atoms with Crippen molar-refractivity contribution in [2.75, 3.05) is 12.4 Å². The fourth-order valence-electron chi connectivity index (χ4n) is 1.71. The zero-order chi connectivity index (χ0) is 14.5. The van der Waals surface area contributed by atoms with Gasteiger partial charge in [0.05, 0.1) is 12.0 Å². The van der Waals surface area contributed by atoms with Crippen molar-refractivity contribution >= 4 is 11.4 Å². The number of benzene rings is 2. The average molecular weight is 276 g/mol. The third-order valence-electron chi connectivity index (χ3n) is 2.79. The van der Waals surface area contributed by atoms with Crippen LogP contribution in [0.1, 0.15) is 5.56 Å². The summed E-state index contributed by atoms with van der Waals surface area (Å²) in [5.74, 6) is -0.257. The molecule has 0 aliphatic rings. The van der Waals surface area contributed by atoms with E-state index in [2.05, 4.69) is 5.32 Å². The molecular weight excluding hydrogens is 263 g/mol. The second-order valence-electron chi connectivity index (χ2n) is 4.13. The van der Waals surface area contributed by atoms with Crippen LogP contribution in [-0.4, -0.2) is 12.0 Å².